The van der Waals surface area contributed by atoms with Crippen molar-refractivity contribution in [3.8, 4) is 56.4 Å². The van der Waals surface area contributed by atoms with E-state index >= 15 is 0 Å². The average molecular weight is 774 g/mol. The molecule has 0 saturated carbocycles. The minimum atomic E-state index is -0.603. The fraction of sp³-hybridized carbons (Fsp3) is 0. The zero-order valence-corrected chi connectivity index (χ0v) is 31.2. The van der Waals surface area contributed by atoms with E-state index < -0.39 is 60.4 Å². The summed E-state index contributed by atoms with van der Waals surface area (Å²) >= 11 is 3.35. The Morgan fingerprint density at radius 2 is 1.00 bits per heavy atom. The lowest BCUT2D eigenvalue weighted by atomic mass is 9.93. The highest BCUT2D eigenvalue weighted by atomic mass is 32.1. The number of rotatable bonds is 5. The van der Waals surface area contributed by atoms with Crippen molar-refractivity contribution in [3.05, 3.63) is 176 Å². The quantitative estimate of drug-likeness (QED) is 0.175. The predicted octanol–water partition coefficient (Wildman–Crippen LogP) is 14.8. The lowest BCUT2D eigenvalue weighted by Gasteiger charge is -2.10. The van der Waals surface area contributed by atoms with Gasteiger partial charge in [-0.25, -0.2) is 15.0 Å². The van der Waals surface area contributed by atoms with Crippen LogP contribution in [0.1, 0.15) is 13.7 Å². The second-order valence-corrected chi connectivity index (χ2v) is 15.7. The van der Waals surface area contributed by atoms with E-state index in [-0.39, 0.29) is 28.6 Å². The zero-order chi connectivity index (χ0) is 46.2. The first-order valence-corrected chi connectivity index (χ1v) is 19.7. The molecule has 0 atom stereocenters. The zero-order valence-electron chi connectivity index (χ0n) is 39.5. The molecular formula is C51H29N3OS2. The molecule has 0 saturated heterocycles. The number of hydrogen-bond acceptors (Lipinski definition) is 6. The summed E-state index contributed by atoms with van der Waals surface area (Å²) in [7, 11) is 0. The number of thiophene rings is 2. The van der Waals surface area contributed by atoms with Crippen molar-refractivity contribution in [2.75, 3.05) is 0 Å². The molecule has 0 radical (unpaired) electrons. The van der Waals surface area contributed by atoms with E-state index in [2.05, 4.69) is 87.7 Å². The van der Waals surface area contributed by atoms with Crippen LogP contribution in [0.25, 0.3) is 119 Å². The van der Waals surface area contributed by atoms with Gasteiger partial charge >= 0.3 is 0 Å². The van der Waals surface area contributed by atoms with Gasteiger partial charge in [-0.3, -0.25) is 0 Å². The van der Waals surface area contributed by atoms with Crippen molar-refractivity contribution >= 4 is 85.0 Å². The number of furan rings is 1. The Morgan fingerprint density at radius 1 is 0.404 bits per heavy atom. The first-order chi connectivity index (χ1) is 32.4. The van der Waals surface area contributed by atoms with Crippen molar-refractivity contribution in [3.63, 3.8) is 0 Å². The van der Waals surface area contributed by atoms with Crippen LogP contribution >= 0.6 is 22.7 Å². The van der Waals surface area contributed by atoms with Crippen LogP contribution in [0.3, 0.4) is 0 Å². The molecule has 0 aliphatic heterocycles. The van der Waals surface area contributed by atoms with E-state index in [0.29, 0.717) is 5.56 Å². The smallest absolute Gasteiger partial charge is 0.164 e. The van der Waals surface area contributed by atoms with Crippen LogP contribution in [0.5, 0.6) is 0 Å². The van der Waals surface area contributed by atoms with Gasteiger partial charge in [0.05, 0.1) is 13.7 Å². The van der Waals surface area contributed by atoms with Crippen LogP contribution in [0, 0.1) is 0 Å². The number of benzene rings is 8. The van der Waals surface area contributed by atoms with Gasteiger partial charge in [0.2, 0.25) is 0 Å². The van der Waals surface area contributed by atoms with Crippen LogP contribution in [-0.2, 0) is 0 Å². The van der Waals surface area contributed by atoms with Gasteiger partial charge in [0.15, 0.2) is 17.5 Å². The Labute approximate surface area is 349 Å². The van der Waals surface area contributed by atoms with E-state index in [1.165, 1.54) is 20.2 Å². The Balaban J connectivity index is 1.05. The third-order valence-electron chi connectivity index (χ3n) is 10.3. The minimum Gasteiger partial charge on any atom is -0.456 e. The number of fused-ring (bicyclic) bond motifs is 9. The van der Waals surface area contributed by atoms with Crippen molar-refractivity contribution in [2.24, 2.45) is 0 Å². The Morgan fingerprint density at radius 3 is 1.77 bits per heavy atom. The highest BCUT2D eigenvalue weighted by Crippen LogP contribution is 2.46. The molecule has 0 unspecified atom stereocenters. The second-order valence-electron chi connectivity index (χ2n) is 13.6. The lowest BCUT2D eigenvalue weighted by Crippen LogP contribution is -1.99. The molecule has 0 amide bonds. The van der Waals surface area contributed by atoms with Crippen LogP contribution in [0.15, 0.2) is 180 Å². The molecule has 0 bridgehead atoms. The summed E-state index contributed by atoms with van der Waals surface area (Å²) in [6.07, 6.45) is 0. The van der Waals surface area contributed by atoms with Gasteiger partial charge in [-0.1, -0.05) is 139 Å². The second kappa shape index (κ2) is 12.8. The molecule has 0 spiro atoms. The molecule has 4 nitrogen and oxygen atoms in total. The van der Waals surface area contributed by atoms with E-state index in [4.69, 9.17) is 18.1 Å². The molecule has 266 valence electrons. The van der Waals surface area contributed by atoms with Crippen LogP contribution in [0.4, 0.5) is 0 Å². The molecule has 0 aliphatic rings. The predicted molar refractivity (Wildman–Crippen MR) is 240 cm³/mol. The third kappa shape index (κ3) is 5.30. The van der Waals surface area contributed by atoms with E-state index in [0.717, 1.165) is 64.4 Å². The maximum atomic E-state index is 8.72. The number of aromatic nitrogens is 3. The molecule has 4 heterocycles. The fourth-order valence-electron chi connectivity index (χ4n) is 7.75. The minimum absolute atomic E-state index is 0.00814. The third-order valence-corrected chi connectivity index (χ3v) is 12.7. The topological polar surface area (TPSA) is 51.8 Å². The molecule has 6 heteroatoms. The van der Waals surface area contributed by atoms with Crippen molar-refractivity contribution < 1.29 is 18.1 Å². The number of hydrogen-bond donors (Lipinski definition) is 0. The van der Waals surface area contributed by atoms with Gasteiger partial charge in [-0.2, -0.15) is 0 Å². The summed E-state index contributed by atoms with van der Waals surface area (Å²) < 4.78 is 95.5. The average Bonchev–Trinajstić information content (AvgIpc) is 4.04. The Bertz CT molecular complexity index is 4000. The summed E-state index contributed by atoms with van der Waals surface area (Å²) in [6, 6.07) is 33.6. The summed E-state index contributed by atoms with van der Waals surface area (Å²) in [4.78, 5) is 13.7. The largest absolute Gasteiger partial charge is 0.456 e. The van der Waals surface area contributed by atoms with E-state index in [1.54, 1.807) is 28.7 Å². The SMILES string of the molecule is [2H]c1c([2H])c([2H])c(-c2nc(-c3ccc4c(c3)sc3c(-c5cc(-c6ccc7c(c6)sc6ccccc67)c6c(c5)oc5ccccc56)cccc34)nc(-c3c([2H])c([2H])c([2H])c([2H])c3[2H])n2)c([2H])c1[2H]. The summed E-state index contributed by atoms with van der Waals surface area (Å²) in [5.74, 6) is -0.620. The van der Waals surface area contributed by atoms with E-state index in [1.807, 2.05) is 36.4 Å². The van der Waals surface area contributed by atoms with Gasteiger partial charge < -0.3 is 4.42 Å². The molecule has 0 N–H and O–H groups in total. The van der Waals surface area contributed by atoms with Gasteiger partial charge in [0.25, 0.3) is 0 Å². The van der Waals surface area contributed by atoms with Crippen LogP contribution in [-0.4, -0.2) is 15.0 Å². The maximum absolute atomic E-state index is 8.72. The summed E-state index contributed by atoms with van der Waals surface area (Å²) in [6.45, 7) is 0. The molecule has 57 heavy (non-hydrogen) atoms. The van der Waals surface area contributed by atoms with Crippen molar-refractivity contribution in [1.29, 1.82) is 0 Å². The standard InChI is InChI=1S/C51H29N3OS2/c1-3-12-30(13-4-1)49-52-50(31-14-5-2-6-15-31)54-51(53-49)33-23-25-38-39-19-11-18-35(48(39)57-46(38)29-33)34-26-41(47-40-17-7-9-20-42(40)55-43(47)27-34)32-22-24-37-36-16-8-10-21-44(36)56-45(37)28-32/h1-29H/i1D,2D,3D,4D,5D,6D,12D,13D,14D,15D. The maximum Gasteiger partial charge on any atom is 0.164 e. The van der Waals surface area contributed by atoms with Crippen molar-refractivity contribution in [2.45, 2.75) is 0 Å². The Kier molecular flexibility index (Phi) is 5.34. The molecule has 12 aromatic rings. The first kappa shape index (κ1) is 23.8. The molecule has 0 fully saturated rings. The summed E-state index contributed by atoms with van der Waals surface area (Å²) in [5, 5.41) is 6.49. The first-order valence-electron chi connectivity index (χ1n) is 23.1. The molecular weight excluding hydrogens is 735 g/mol. The normalized spacial score (nSPS) is 14.3. The Hall–Kier alpha value is -6.99. The highest BCUT2D eigenvalue weighted by molar-refractivity contribution is 7.26. The van der Waals surface area contributed by atoms with Gasteiger partial charge in [-0.05, 0) is 58.7 Å². The monoisotopic (exact) mass is 773 g/mol. The van der Waals surface area contributed by atoms with Crippen LogP contribution < -0.4 is 0 Å². The van der Waals surface area contributed by atoms with E-state index in [9.17, 15) is 0 Å². The number of para-hydroxylation sites is 1. The summed E-state index contributed by atoms with van der Waals surface area (Å²) in [5.41, 5.74) is 5.50. The fourth-order valence-corrected chi connectivity index (χ4v) is 10.2. The molecule has 12 rings (SSSR count). The van der Waals surface area contributed by atoms with Gasteiger partial charge in [0, 0.05) is 67.8 Å². The molecule has 0 aliphatic carbocycles. The number of nitrogens with zero attached hydrogens (tertiary/aromatic N) is 3. The highest BCUT2D eigenvalue weighted by Gasteiger charge is 2.19. The van der Waals surface area contributed by atoms with Gasteiger partial charge in [0.1, 0.15) is 11.2 Å². The molecule has 4 aromatic heterocycles. The van der Waals surface area contributed by atoms with Crippen LogP contribution in [0.2, 0.25) is 0 Å². The van der Waals surface area contributed by atoms with Crippen molar-refractivity contribution in [1.82, 2.24) is 15.0 Å². The van der Waals surface area contributed by atoms with Gasteiger partial charge in [-0.15, -0.1) is 22.7 Å². The lowest BCUT2D eigenvalue weighted by molar-refractivity contribution is 0.669. The molecule has 8 aromatic carbocycles.